The van der Waals surface area contributed by atoms with Crippen LogP contribution in [0.1, 0.15) is 47.6 Å². The second-order valence-electron chi connectivity index (χ2n) is 9.23. The molecule has 9 nitrogen and oxygen atoms in total. The number of aromatic nitrogens is 1. The van der Waals surface area contributed by atoms with E-state index in [1.54, 1.807) is 10.6 Å². The molecule has 35 heavy (non-hydrogen) atoms. The summed E-state index contributed by atoms with van der Waals surface area (Å²) in [7, 11) is -2.33. The number of carbonyl (C=O) groups excluding carboxylic acids is 1. The average Bonchev–Trinajstić information content (AvgIpc) is 3.26. The van der Waals surface area contributed by atoms with Crippen LogP contribution in [0.3, 0.4) is 0 Å². The predicted molar refractivity (Wildman–Crippen MR) is 130 cm³/mol. The quantitative estimate of drug-likeness (QED) is 0.460. The first-order valence-corrected chi connectivity index (χ1v) is 13.3. The summed E-state index contributed by atoms with van der Waals surface area (Å²) in [5.41, 5.74) is 2.70. The normalized spacial score (nSPS) is 18.3. The van der Waals surface area contributed by atoms with E-state index in [-0.39, 0.29) is 28.8 Å². The Morgan fingerprint density at radius 2 is 1.77 bits per heavy atom. The van der Waals surface area contributed by atoms with Gasteiger partial charge in [-0.3, -0.25) is 9.36 Å². The highest BCUT2D eigenvalue weighted by Crippen LogP contribution is 2.33. The van der Waals surface area contributed by atoms with E-state index in [1.165, 1.54) is 19.2 Å². The van der Waals surface area contributed by atoms with E-state index in [1.807, 2.05) is 25.1 Å². The van der Waals surface area contributed by atoms with Gasteiger partial charge in [0.25, 0.3) is 15.9 Å². The lowest BCUT2D eigenvalue weighted by Crippen LogP contribution is -2.37. The summed E-state index contributed by atoms with van der Waals surface area (Å²) in [4.78, 5) is 27.5. The molecule has 0 radical (unpaired) electrons. The first-order chi connectivity index (χ1) is 16.8. The molecule has 5 rings (SSSR count). The van der Waals surface area contributed by atoms with Crippen molar-refractivity contribution in [3.05, 3.63) is 58.1 Å². The largest absolute Gasteiger partial charge is 0.497 e. The SMILES string of the molecule is COc1ccc2c(c1)C(=O)N(CCCCN1CCC(n3c(=O)oc4cc(C)ccc43)CC1)S2(=O)=O. The molecule has 0 saturated carbocycles. The van der Waals surface area contributed by atoms with E-state index in [9.17, 15) is 18.0 Å². The van der Waals surface area contributed by atoms with E-state index in [2.05, 4.69) is 4.90 Å². The molecule has 186 valence electrons. The number of piperidine rings is 1. The Balaban J connectivity index is 1.14. The van der Waals surface area contributed by atoms with Gasteiger partial charge in [-0.05, 0) is 75.0 Å². The Morgan fingerprint density at radius 3 is 2.51 bits per heavy atom. The molecule has 2 aliphatic rings. The molecule has 1 amide bonds. The number of hydrogen-bond donors (Lipinski definition) is 0. The second-order valence-corrected chi connectivity index (χ2v) is 11.1. The highest BCUT2D eigenvalue weighted by atomic mass is 32.2. The van der Waals surface area contributed by atoms with Crippen molar-refractivity contribution in [1.82, 2.24) is 13.8 Å². The number of sulfonamides is 1. The smallest absolute Gasteiger partial charge is 0.420 e. The van der Waals surface area contributed by atoms with Crippen molar-refractivity contribution in [2.75, 3.05) is 33.3 Å². The van der Waals surface area contributed by atoms with Crippen LogP contribution in [0.15, 0.2) is 50.5 Å². The minimum Gasteiger partial charge on any atom is -0.497 e. The van der Waals surface area contributed by atoms with Crippen LogP contribution in [-0.2, 0) is 10.0 Å². The number of fused-ring (bicyclic) bond motifs is 2. The van der Waals surface area contributed by atoms with Crippen LogP contribution in [-0.4, -0.2) is 61.4 Å². The number of aryl methyl sites for hydroxylation is 1. The third-order valence-corrected chi connectivity index (χ3v) is 8.83. The fourth-order valence-electron chi connectivity index (χ4n) is 5.09. The topological polar surface area (TPSA) is 102 Å². The first kappa shape index (κ1) is 23.6. The third-order valence-electron chi connectivity index (χ3n) is 6.99. The molecule has 0 spiro atoms. The number of ether oxygens (including phenoxy) is 1. The van der Waals surface area contributed by atoms with Crippen molar-refractivity contribution in [3.8, 4) is 5.75 Å². The highest BCUT2D eigenvalue weighted by Gasteiger charge is 2.41. The molecule has 3 aromatic rings. The zero-order chi connectivity index (χ0) is 24.7. The molecular formula is C25H29N3O6S. The van der Waals surface area contributed by atoms with Crippen molar-refractivity contribution < 1.29 is 22.4 Å². The van der Waals surface area contributed by atoms with Gasteiger partial charge in [0.15, 0.2) is 5.58 Å². The van der Waals surface area contributed by atoms with E-state index in [0.717, 1.165) is 54.3 Å². The number of oxazole rings is 1. The number of hydrogen-bond acceptors (Lipinski definition) is 7. The molecule has 10 heteroatoms. The number of rotatable bonds is 7. The van der Waals surface area contributed by atoms with Crippen molar-refractivity contribution in [2.45, 2.75) is 43.5 Å². The maximum Gasteiger partial charge on any atom is 0.420 e. The molecule has 2 aliphatic heterocycles. The Hall–Kier alpha value is -3.11. The van der Waals surface area contributed by atoms with Crippen LogP contribution in [0, 0.1) is 6.92 Å². The second kappa shape index (κ2) is 9.16. The van der Waals surface area contributed by atoms with Gasteiger partial charge in [-0.25, -0.2) is 17.5 Å². The maximum absolute atomic E-state index is 12.8. The van der Waals surface area contributed by atoms with Gasteiger partial charge >= 0.3 is 5.76 Å². The molecule has 1 fully saturated rings. The summed E-state index contributed by atoms with van der Waals surface area (Å²) in [6.07, 6.45) is 3.05. The minimum atomic E-state index is -3.81. The molecule has 0 bridgehead atoms. The summed E-state index contributed by atoms with van der Waals surface area (Å²) in [6.45, 7) is 4.64. The standard InChI is InChI=1S/C25H29N3O6S/c1-17-5-7-21-22(15-17)34-25(30)28(21)18-9-13-26(14-10-18)11-3-4-12-27-24(29)20-16-19(33-2)6-8-23(20)35(27,31)32/h5-8,15-16,18H,3-4,9-14H2,1-2H3. The number of unbranched alkanes of at least 4 members (excludes halogenated alkanes) is 1. The molecule has 2 aromatic carbocycles. The number of carbonyl (C=O) groups is 1. The Bertz CT molecular complexity index is 1430. The third kappa shape index (κ3) is 4.25. The van der Waals surface area contributed by atoms with Crippen molar-refractivity contribution >= 4 is 27.0 Å². The molecule has 1 saturated heterocycles. The van der Waals surface area contributed by atoms with E-state index >= 15 is 0 Å². The molecular weight excluding hydrogens is 470 g/mol. The van der Waals surface area contributed by atoms with Gasteiger partial charge in [0, 0.05) is 25.7 Å². The van der Waals surface area contributed by atoms with Crippen LogP contribution in [0.5, 0.6) is 5.75 Å². The Kier molecular flexibility index (Phi) is 6.18. The number of methoxy groups -OCH3 is 1. The molecule has 1 aromatic heterocycles. The lowest BCUT2D eigenvalue weighted by molar-refractivity contribution is 0.0867. The lowest BCUT2D eigenvalue weighted by atomic mass is 10.0. The number of likely N-dealkylation sites (tertiary alicyclic amines) is 1. The predicted octanol–water partition coefficient (Wildman–Crippen LogP) is 3.17. The Morgan fingerprint density at radius 1 is 1.03 bits per heavy atom. The van der Waals surface area contributed by atoms with Crippen LogP contribution in [0.4, 0.5) is 0 Å². The van der Waals surface area contributed by atoms with Gasteiger partial charge in [0.2, 0.25) is 0 Å². The summed E-state index contributed by atoms with van der Waals surface area (Å²) in [6, 6.07) is 10.4. The molecule has 0 N–H and O–H groups in total. The summed E-state index contributed by atoms with van der Waals surface area (Å²) in [5, 5.41) is 0. The molecule has 0 atom stereocenters. The zero-order valence-electron chi connectivity index (χ0n) is 19.9. The van der Waals surface area contributed by atoms with Crippen LogP contribution < -0.4 is 10.5 Å². The first-order valence-electron chi connectivity index (χ1n) is 11.9. The summed E-state index contributed by atoms with van der Waals surface area (Å²) < 4.78 is 38.9. The monoisotopic (exact) mass is 499 g/mol. The van der Waals surface area contributed by atoms with Gasteiger partial charge in [-0.15, -0.1) is 0 Å². The Labute approximate surface area is 203 Å². The zero-order valence-corrected chi connectivity index (χ0v) is 20.7. The van der Waals surface area contributed by atoms with Gasteiger partial charge in [0.05, 0.1) is 18.2 Å². The number of benzene rings is 2. The van der Waals surface area contributed by atoms with Crippen molar-refractivity contribution in [1.29, 1.82) is 0 Å². The lowest BCUT2D eigenvalue weighted by Gasteiger charge is -2.32. The number of amides is 1. The fourth-order valence-corrected chi connectivity index (χ4v) is 6.68. The van der Waals surface area contributed by atoms with Gasteiger partial charge in [-0.2, -0.15) is 0 Å². The number of nitrogens with zero attached hydrogens (tertiary/aromatic N) is 3. The van der Waals surface area contributed by atoms with E-state index in [4.69, 9.17) is 9.15 Å². The molecule has 0 aliphatic carbocycles. The van der Waals surface area contributed by atoms with Crippen molar-refractivity contribution in [2.24, 2.45) is 0 Å². The fraction of sp³-hybridized carbons (Fsp3) is 0.440. The van der Waals surface area contributed by atoms with Gasteiger partial charge in [-0.1, -0.05) is 6.07 Å². The van der Waals surface area contributed by atoms with Gasteiger partial charge in [0.1, 0.15) is 10.6 Å². The summed E-state index contributed by atoms with van der Waals surface area (Å²) >= 11 is 0. The van der Waals surface area contributed by atoms with E-state index in [0.29, 0.717) is 17.8 Å². The molecule has 3 heterocycles. The van der Waals surface area contributed by atoms with Crippen LogP contribution in [0.2, 0.25) is 0 Å². The average molecular weight is 500 g/mol. The summed E-state index contributed by atoms with van der Waals surface area (Å²) in [5.74, 6) is -0.342. The van der Waals surface area contributed by atoms with Crippen molar-refractivity contribution in [3.63, 3.8) is 0 Å². The maximum atomic E-state index is 12.8. The van der Waals surface area contributed by atoms with Gasteiger partial charge < -0.3 is 14.1 Å². The highest BCUT2D eigenvalue weighted by molar-refractivity contribution is 7.90. The van der Waals surface area contributed by atoms with Crippen LogP contribution in [0.25, 0.3) is 11.1 Å². The van der Waals surface area contributed by atoms with Crippen LogP contribution >= 0.6 is 0 Å². The molecule has 0 unspecified atom stereocenters. The minimum absolute atomic E-state index is 0.0440. The van der Waals surface area contributed by atoms with E-state index < -0.39 is 15.9 Å².